The lowest BCUT2D eigenvalue weighted by Crippen LogP contribution is -2.27. The number of carbonyl (C=O) groups is 1. The first kappa shape index (κ1) is 16.9. The Balaban J connectivity index is 1.74. The summed E-state index contributed by atoms with van der Waals surface area (Å²) in [7, 11) is 0. The summed E-state index contributed by atoms with van der Waals surface area (Å²) in [6.07, 6.45) is 3.73. The summed E-state index contributed by atoms with van der Waals surface area (Å²) in [5, 5.41) is 3.95. The van der Waals surface area contributed by atoms with E-state index in [-0.39, 0.29) is 11.9 Å². The van der Waals surface area contributed by atoms with Gasteiger partial charge in [0.25, 0.3) is 5.91 Å². The average molecular weight is 354 g/mol. The fraction of sp³-hybridized carbons (Fsp3) is 0.0870. The van der Waals surface area contributed by atoms with E-state index in [0.717, 1.165) is 27.7 Å². The second-order valence-corrected chi connectivity index (χ2v) is 6.47. The Bertz CT molecular complexity index is 1080. The van der Waals surface area contributed by atoms with Crippen LogP contribution in [0.2, 0.25) is 0 Å². The van der Waals surface area contributed by atoms with Crippen molar-refractivity contribution in [1.29, 1.82) is 0 Å². The minimum Gasteiger partial charge on any atom is -0.345 e. The number of amides is 1. The summed E-state index contributed by atoms with van der Waals surface area (Å²) >= 11 is 0. The second kappa shape index (κ2) is 7.38. The zero-order valence-corrected chi connectivity index (χ0v) is 15.0. The molecule has 0 radical (unpaired) electrons. The fourth-order valence-corrected chi connectivity index (χ4v) is 3.16. The first-order valence-electron chi connectivity index (χ1n) is 8.94. The number of para-hydroxylation sites is 1. The molecule has 0 saturated heterocycles. The number of aromatic amines is 1. The normalized spacial score (nSPS) is 11.9. The van der Waals surface area contributed by atoms with Crippen LogP contribution in [-0.2, 0) is 0 Å². The summed E-state index contributed by atoms with van der Waals surface area (Å²) in [5.41, 5.74) is 4.21. The predicted molar refractivity (Wildman–Crippen MR) is 106 cm³/mol. The molecule has 27 heavy (non-hydrogen) atoms. The van der Waals surface area contributed by atoms with Gasteiger partial charge < -0.3 is 5.32 Å². The summed E-state index contributed by atoms with van der Waals surface area (Å²) < 4.78 is 0. The van der Waals surface area contributed by atoms with Crippen molar-refractivity contribution in [3.63, 3.8) is 0 Å². The van der Waals surface area contributed by atoms with Crippen LogP contribution in [0, 0.1) is 0 Å². The van der Waals surface area contributed by atoms with Gasteiger partial charge in [-0.15, -0.1) is 0 Å². The zero-order valence-electron chi connectivity index (χ0n) is 15.0. The van der Waals surface area contributed by atoms with Gasteiger partial charge in [0.05, 0.1) is 28.4 Å². The highest BCUT2D eigenvalue weighted by Gasteiger charge is 2.17. The largest absolute Gasteiger partial charge is 0.345 e. The number of pyridine rings is 2. The van der Waals surface area contributed by atoms with Gasteiger partial charge in [-0.2, -0.15) is 0 Å². The van der Waals surface area contributed by atoms with Gasteiger partial charge in [0.1, 0.15) is 0 Å². The maximum absolute atomic E-state index is 13.1. The number of hydrogen-bond acceptors (Lipinski definition) is 2. The van der Waals surface area contributed by atoms with Gasteiger partial charge >= 0.3 is 0 Å². The number of nitrogens with zero attached hydrogens (tertiary/aromatic N) is 1. The quantitative estimate of drug-likeness (QED) is 0.597. The fourth-order valence-electron chi connectivity index (χ4n) is 3.16. The standard InChI is InChI=1S/C23H19N3O/c1-16(17-8-3-2-4-9-17)25-23(27)20-14-22(18-10-7-13-24-15-18)26-21-12-6-5-11-19(20)21/h2-16H,1H3,(H,25,27)/p+1. The van der Waals surface area contributed by atoms with E-state index in [2.05, 4.69) is 10.3 Å². The molecule has 1 unspecified atom stereocenters. The van der Waals surface area contributed by atoms with Crippen molar-refractivity contribution in [3.8, 4) is 11.3 Å². The van der Waals surface area contributed by atoms with Crippen molar-refractivity contribution in [1.82, 2.24) is 10.3 Å². The van der Waals surface area contributed by atoms with Crippen LogP contribution in [0.3, 0.4) is 0 Å². The van der Waals surface area contributed by atoms with Crippen LogP contribution < -0.4 is 10.3 Å². The highest BCUT2D eigenvalue weighted by atomic mass is 16.1. The van der Waals surface area contributed by atoms with Crippen molar-refractivity contribution in [2.45, 2.75) is 13.0 Å². The van der Waals surface area contributed by atoms with Gasteiger partial charge in [0.2, 0.25) is 0 Å². The molecule has 1 amide bonds. The maximum Gasteiger partial charge on any atom is 0.252 e. The molecule has 0 saturated carbocycles. The van der Waals surface area contributed by atoms with Crippen LogP contribution in [0.15, 0.2) is 85.2 Å². The Labute approximate surface area is 157 Å². The van der Waals surface area contributed by atoms with Gasteiger partial charge in [0, 0.05) is 11.5 Å². The molecule has 2 aromatic carbocycles. The molecule has 2 aromatic heterocycles. The molecule has 4 aromatic rings. The van der Waals surface area contributed by atoms with E-state index in [0.29, 0.717) is 5.56 Å². The van der Waals surface area contributed by atoms with Crippen molar-refractivity contribution < 1.29 is 9.78 Å². The Hall–Kier alpha value is -3.53. The second-order valence-electron chi connectivity index (χ2n) is 6.47. The van der Waals surface area contributed by atoms with E-state index < -0.39 is 0 Å². The highest BCUT2D eigenvalue weighted by molar-refractivity contribution is 6.07. The molecule has 4 nitrogen and oxygen atoms in total. The van der Waals surface area contributed by atoms with Crippen LogP contribution in [-0.4, -0.2) is 10.9 Å². The molecule has 0 aliphatic heterocycles. The highest BCUT2D eigenvalue weighted by Crippen LogP contribution is 2.24. The van der Waals surface area contributed by atoms with Gasteiger partial charge in [-0.3, -0.25) is 4.79 Å². The van der Waals surface area contributed by atoms with Crippen LogP contribution in [0.5, 0.6) is 0 Å². The van der Waals surface area contributed by atoms with Crippen LogP contribution in [0.1, 0.15) is 28.9 Å². The van der Waals surface area contributed by atoms with E-state index in [9.17, 15) is 4.79 Å². The SMILES string of the molecule is CC(NC(=O)c1cc(-c2ccc[nH+]c2)nc2ccccc12)c1ccccc1. The first-order chi connectivity index (χ1) is 13.2. The van der Waals surface area contributed by atoms with Crippen LogP contribution >= 0.6 is 0 Å². The molecule has 4 rings (SSSR count). The number of carbonyl (C=O) groups excluding carboxylic acids is 1. The van der Waals surface area contributed by atoms with Crippen molar-refractivity contribution >= 4 is 16.8 Å². The molecule has 0 aliphatic rings. The monoisotopic (exact) mass is 354 g/mol. The Kier molecular flexibility index (Phi) is 4.62. The lowest BCUT2D eigenvalue weighted by Gasteiger charge is -2.16. The molecule has 0 fully saturated rings. The number of aromatic nitrogens is 2. The van der Waals surface area contributed by atoms with Crippen molar-refractivity contribution in [2.24, 2.45) is 0 Å². The van der Waals surface area contributed by atoms with Gasteiger partial charge in [0.15, 0.2) is 12.4 Å². The molecule has 0 aliphatic carbocycles. The summed E-state index contributed by atoms with van der Waals surface area (Å²) in [6.45, 7) is 1.99. The zero-order chi connectivity index (χ0) is 18.6. The predicted octanol–water partition coefficient (Wildman–Crippen LogP) is 4.21. The van der Waals surface area contributed by atoms with Crippen LogP contribution in [0.25, 0.3) is 22.2 Å². The van der Waals surface area contributed by atoms with Crippen molar-refractivity contribution in [2.75, 3.05) is 0 Å². The molecule has 2 N–H and O–H groups in total. The number of hydrogen-bond donors (Lipinski definition) is 1. The maximum atomic E-state index is 13.1. The molecule has 132 valence electrons. The summed E-state index contributed by atoms with van der Waals surface area (Å²) in [6, 6.07) is 23.4. The van der Waals surface area contributed by atoms with Crippen molar-refractivity contribution in [3.05, 3.63) is 96.3 Å². The number of nitrogens with one attached hydrogen (secondary N) is 2. The van der Waals surface area contributed by atoms with E-state index >= 15 is 0 Å². The third kappa shape index (κ3) is 3.55. The molecule has 2 heterocycles. The summed E-state index contributed by atoms with van der Waals surface area (Å²) in [4.78, 5) is 20.9. The minimum atomic E-state index is -0.105. The topological polar surface area (TPSA) is 56.1 Å². The van der Waals surface area contributed by atoms with E-state index in [1.807, 2.05) is 92.1 Å². The third-order valence-corrected chi connectivity index (χ3v) is 4.61. The molecule has 0 spiro atoms. The van der Waals surface area contributed by atoms with E-state index in [4.69, 9.17) is 4.98 Å². The Morgan fingerprint density at radius 2 is 1.78 bits per heavy atom. The summed E-state index contributed by atoms with van der Waals surface area (Å²) in [5.74, 6) is -0.105. The number of fused-ring (bicyclic) bond motifs is 1. The Morgan fingerprint density at radius 3 is 2.56 bits per heavy atom. The lowest BCUT2D eigenvalue weighted by atomic mass is 10.0. The van der Waals surface area contributed by atoms with Gasteiger partial charge in [-0.1, -0.05) is 48.5 Å². The third-order valence-electron chi connectivity index (χ3n) is 4.61. The van der Waals surface area contributed by atoms with Crippen LogP contribution in [0.4, 0.5) is 0 Å². The lowest BCUT2D eigenvalue weighted by molar-refractivity contribution is -0.377. The molecule has 4 heteroatoms. The smallest absolute Gasteiger partial charge is 0.252 e. The molecule has 0 bridgehead atoms. The first-order valence-corrected chi connectivity index (χ1v) is 8.94. The molecule has 1 atom stereocenters. The number of H-pyrrole nitrogens is 1. The molecular weight excluding hydrogens is 334 g/mol. The van der Waals surface area contributed by atoms with Gasteiger partial charge in [-0.05, 0) is 30.7 Å². The van der Waals surface area contributed by atoms with E-state index in [1.165, 1.54) is 0 Å². The molecular formula is C23H20N3O+. The number of rotatable bonds is 4. The van der Waals surface area contributed by atoms with Gasteiger partial charge in [-0.25, -0.2) is 9.97 Å². The minimum absolute atomic E-state index is 0.0841. The van der Waals surface area contributed by atoms with E-state index in [1.54, 1.807) is 0 Å². The average Bonchev–Trinajstić information content (AvgIpc) is 2.74. The number of benzene rings is 2. The Morgan fingerprint density at radius 1 is 1.00 bits per heavy atom.